The van der Waals surface area contributed by atoms with Gasteiger partial charge < -0.3 is 14.7 Å². The lowest BCUT2D eigenvalue weighted by Gasteiger charge is -2.31. The molecular weight excluding hydrogens is 218 g/mol. The Balaban J connectivity index is 2.64. The summed E-state index contributed by atoms with van der Waals surface area (Å²) in [5.41, 5.74) is 1.67. The van der Waals surface area contributed by atoms with Gasteiger partial charge in [-0.05, 0) is 51.7 Å². The molecule has 0 saturated carbocycles. The van der Waals surface area contributed by atoms with E-state index in [9.17, 15) is 4.79 Å². The predicted molar refractivity (Wildman–Crippen MR) is 66.8 cm³/mol. The number of piperidine rings is 1. The molecule has 1 saturated heterocycles. The largest absolute Gasteiger partial charge is 0.444 e. The van der Waals surface area contributed by atoms with Crippen molar-refractivity contribution >= 4 is 6.09 Å². The molecule has 4 nitrogen and oxygen atoms in total. The van der Waals surface area contributed by atoms with Crippen LogP contribution in [0.5, 0.6) is 0 Å². The molecule has 1 aliphatic rings. The molecule has 4 heteroatoms. The minimum atomic E-state index is -0.454. The summed E-state index contributed by atoms with van der Waals surface area (Å²) in [7, 11) is 0. The minimum absolute atomic E-state index is 0.0670. The van der Waals surface area contributed by atoms with Crippen molar-refractivity contribution in [3.05, 3.63) is 11.1 Å². The van der Waals surface area contributed by atoms with Crippen molar-refractivity contribution in [2.75, 3.05) is 19.7 Å². The zero-order valence-corrected chi connectivity index (χ0v) is 11.2. The maximum atomic E-state index is 11.9. The topological polar surface area (TPSA) is 49.8 Å². The molecule has 0 spiro atoms. The molecular formula is C13H23NO3. The third-order valence-electron chi connectivity index (χ3n) is 2.78. The van der Waals surface area contributed by atoms with Crippen LogP contribution in [-0.4, -0.2) is 41.4 Å². The highest BCUT2D eigenvalue weighted by atomic mass is 16.6. The summed E-state index contributed by atoms with van der Waals surface area (Å²) in [5, 5.41) is 9.11. The number of carbonyl (C=O) groups is 1. The normalized spacial score (nSPS) is 20.2. The first-order valence-corrected chi connectivity index (χ1v) is 6.10. The lowest BCUT2D eigenvalue weighted by molar-refractivity contribution is 0.0245. The lowest BCUT2D eigenvalue weighted by Crippen LogP contribution is -2.40. The Morgan fingerprint density at radius 1 is 1.47 bits per heavy atom. The highest BCUT2D eigenvalue weighted by Gasteiger charge is 2.25. The highest BCUT2D eigenvalue weighted by molar-refractivity contribution is 5.68. The molecule has 1 heterocycles. The number of nitrogens with zero attached hydrogens (tertiary/aromatic N) is 1. The van der Waals surface area contributed by atoms with Gasteiger partial charge in [-0.3, -0.25) is 0 Å². The average molecular weight is 241 g/mol. The third-order valence-corrected chi connectivity index (χ3v) is 2.78. The quantitative estimate of drug-likeness (QED) is 0.717. The molecule has 0 aromatic carbocycles. The van der Waals surface area contributed by atoms with Crippen molar-refractivity contribution in [3.63, 3.8) is 0 Å². The average Bonchev–Trinajstić information content (AvgIpc) is 2.26. The highest BCUT2D eigenvalue weighted by Crippen LogP contribution is 2.21. The van der Waals surface area contributed by atoms with Gasteiger partial charge in [-0.1, -0.05) is 0 Å². The molecule has 17 heavy (non-hydrogen) atoms. The number of carbonyl (C=O) groups excluding carboxylic acids is 1. The molecule has 1 rings (SSSR count). The fraction of sp³-hybridized carbons (Fsp3) is 0.769. The molecule has 1 amide bonds. The number of ether oxygens (including phenoxy) is 1. The van der Waals surface area contributed by atoms with E-state index in [1.165, 1.54) is 0 Å². The van der Waals surface area contributed by atoms with Gasteiger partial charge in [0.25, 0.3) is 0 Å². The minimum Gasteiger partial charge on any atom is -0.444 e. The van der Waals surface area contributed by atoms with Crippen LogP contribution in [0.15, 0.2) is 11.1 Å². The molecule has 0 aromatic heterocycles. The van der Waals surface area contributed by atoms with Crippen molar-refractivity contribution < 1.29 is 14.6 Å². The monoisotopic (exact) mass is 241 g/mol. The summed E-state index contributed by atoms with van der Waals surface area (Å²) in [6, 6.07) is 0. The van der Waals surface area contributed by atoms with Crippen molar-refractivity contribution in [3.8, 4) is 0 Å². The van der Waals surface area contributed by atoms with Crippen LogP contribution < -0.4 is 0 Å². The van der Waals surface area contributed by atoms with Gasteiger partial charge in [0, 0.05) is 13.1 Å². The number of hydrogen-bond donors (Lipinski definition) is 1. The second-order valence-electron chi connectivity index (χ2n) is 5.55. The van der Waals surface area contributed by atoms with Gasteiger partial charge in [-0.15, -0.1) is 0 Å². The lowest BCUT2D eigenvalue weighted by atomic mass is 10.0. The Kier molecular flexibility index (Phi) is 4.57. The number of aliphatic hydroxyl groups is 1. The predicted octanol–water partition coefficient (Wildman–Crippen LogP) is 2.33. The Morgan fingerprint density at radius 2 is 2.12 bits per heavy atom. The van der Waals surface area contributed by atoms with Gasteiger partial charge in [0.05, 0.1) is 6.61 Å². The first kappa shape index (κ1) is 14.0. The van der Waals surface area contributed by atoms with Gasteiger partial charge in [-0.25, -0.2) is 4.79 Å². The molecule has 1 fully saturated rings. The van der Waals surface area contributed by atoms with Crippen molar-refractivity contribution in [2.45, 2.75) is 46.1 Å². The summed E-state index contributed by atoms with van der Waals surface area (Å²) in [5.74, 6) is 0. The number of likely N-dealkylation sites (tertiary alicyclic amines) is 1. The number of rotatable bonds is 1. The smallest absolute Gasteiger partial charge is 0.410 e. The van der Waals surface area contributed by atoms with E-state index in [0.29, 0.717) is 6.54 Å². The Labute approximate surface area is 103 Å². The van der Waals surface area contributed by atoms with Crippen LogP contribution >= 0.6 is 0 Å². The molecule has 0 radical (unpaired) electrons. The van der Waals surface area contributed by atoms with Crippen LogP contribution in [0.1, 0.15) is 40.5 Å². The molecule has 0 unspecified atom stereocenters. The standard InChI is InChI=1S/C13H23NO3/c1-10(9-15)11-6-5-7-14(8-11)12(16)17-13(2,3)4/h15H,5-9H2,1-4H3. The fourth-order valence-corrected chi connectivity index (χ4v) is 1.81. The van der Waals surface area contributed by atoms with E-state index in [-0.39, 0.29) is 12.7 Å². The van der Waals surface area contributed by atoms with Gasteiger partial charge in [0.2, 0.25) is 0 Å². The van der Waals surface area contributed by atoms with Crippen LogP contribution in [0.4, 0.5) is 4.79 Å². The first-order chi connectivity index (χ1) is 7.83. The van der Waals surface area contributed by atoms with Crippen LogP contribution in [-0.2, 0) is 4.74 Å². The number of aliphatic hydroxyl groups excluding tert-OH is 1. The molecule has 0 aliphatic carbocycles. The molecule has 0 atom stereocenters. The molecule has 0 bridgehead atoms. The van der Waals surface area contributed by atoms with Crippen LogP contribution in [0, 0.1) is 0 Å². The molecule has 98 valence electrons. The van der Waals surface area contributed by atoms with Gasteiger partial charge in [0.15, 0.2) is 0 Å². The second-order valence-corrected chi connectivity index (χ2v) is 5.55. The zero-order chi connectivity index (χ0) is 13.1. The zero-order valence-electron chi connectivity index (χ0n) is 11.2. The third kappa shape index (κ3) is 4.38. The van der Waals surface area contributed by atoms with Crippen molar-refractivity contribution in [1.82, 2.24) is 4.90 Å². The van der Waals surface area contributed by atoms with E-state index in [0.717, 1.165) is 30.5 Å². The summed E-state index contributed by atoms with van der Waals surface area (Å²) in [6.45, 7) is 8.89. The maximum absolute atomic E-state index is 11.9. The van der Waals surface area contributed by atoms with E-state index < -0.39 is 5.60 Å². The number of hydrogen-bond acceptors (Lipinski definition) is 3. The van der Waals surface area contributed by atoms with E-state index in [2.05, 4.69) is 0 Å². The molecule has 1 N–H and O–H groups in total. The van der Waals surface area contributed by atoms with E-state index in [1.54, 1.807) is 4.90 Å². The Morgan fingerprint density at radius 3 is 2.65 bits per heavy atom. The van der Waals surface area contributed by atoms with E-state index >= 15 is 0 Å². The van der Waals surface area contributed by atoms with Gasteiger partial charge in [0.1, 0.15) is 5.60 Å². The van der Waals surface area contributed by atoms with Crippen molar-refractivity contribution in [1.29, 1.82) is 0 Å². The second kappa shape index (κ2) is 5.54. The van der Waals surface area contributed by atoms with Gasteiger partial charge in [-0.2, -0.15) is 0 Å². The fourth-order valence-electron chi connectivity index (χ4n) is 1.81. The van der Waals surface area contributed by atoms with E-state index in [1.807, 2.05) is 27.7 Å². The van der Waals surface area contributed by atoms with Crippen LogP contribution in [0.3, 0.4) is 0 Å². The van der Waals surface area contributed by atoms with Crippen LogP contribution in [0.2, 0.25) is 0 Å². The van der Waals surface area contributed by atoms with Crippen LogP contribution in [0.25, 0.3) is 0 Å². The summed E-state index contributed by atoms with van der Waals surface area (Å²) in [6.07, 6.45) is 1.64. The summed E-state index contributed by atoms with van der Waals surface area (Å²) < 4.78 is 5.34. The Hall–Kier alpha value is -1.03. The maximum Gasteiger partial charge on any atom is 0.410 e. The summed E-state index contributed by atoms with van der Waals surface area (Å²) >= 11 is 0. The van der Waals surface area contributed by atoms with Crippen molar-refractivity contribution in [2.24, 2.45) is 0 Å². The Bertz CT molecular complexity index is 315. The van der Waals surface area contributed by atoms with Gasteiger partial charge >= 0.3 is 6.09 Å². The number of amides is 1. The van der Waals surface area contributed by atoms with E-state index in [4.69, 9.17) is 9.84 Å². The molecule has 0 aromatic rings. The first-order valence-electron chi connectivity index (χ1n) is 6.10. The molecule has 1 aliphatic heterocycles. The summed E-state index contributed by atoms with van der Waals surface area (Å²) in [4.78, 5) is 13.6. The SMILES string of the molecule is CC(CO)=C1CCCN(C(=O)OC(C)(C)C)C1.